The summed E-state index contributed by atoms with van der Waals surface area (Å²) < 4.78 is 32.3. The SMILES string of the molecule is C[C@@H]1OC(OC2CC3[C@@]4(C)CC[C@H](O[C@H]5O[C@H](CO)[C@@H](O)[C@@H]5O)C(C)(C)C4CC[C@@]3(C)C3(C)CCC(C4(C)CCC(C(C)(C)O)O4)C23)[C@H](O)[C@@H](O)[C@@H]1O. The minimum Gasteiger partial charge on any atom is -0.394 e. The molecule has 20 atom stereocenters. The van der Waals surface area contributed by atoms with Gasteiger partial charge in [-0.15, -0.1) is 0 Å². The molecule has 7 rings (SSSR count). The second kappa shape index (κ2) is 13.5. The number of hydrogen-bond acceptors (Lipinski definition) is 12. The number of aliphatic hydroxyl groups excluding tert-OH is 6. The molecule has 53 heavy (non-hydrogen) atoms. The highest BCUT2D eigenvalue weighted by atomic mass is 16.7. The Hall–Kier alpha value is -0.480. The number of aliphatic hydroxyl groups is 7. The standard InChI is InChI=1S/C41H70O12/c1-20-29(43)31(45)33(47)34(49-20)50-22-18-25-38(6)14-12-26(52-35-32(46)30(44)23(19-42)51-35)36(2,3)24(38)11-16-39(25,7)40(8)15-10-21(28(22)40)41(9)17-13-27(53-41)37(4,5)48/h20-35,42-48H,10-19H2,1-9H3/t20-,21?,22?,23+,24?,25?,26-,27?,28?,29+,30+,31-,32-,33+,34?,35+,38-,39+,40?,41?/m0/s1. The molecule has 0 bridgehead atoms. The molecule has 4 aliphatic carbocycles. The van der Waals surface area contributed by atoms with Crippen molar-refractivity contribution < 1.29 is 59.4 Å². The summed E-state index contributed by atoms with van der Waals surface area (Å²) in [5, 5.41) is 74.4. The molecule has 7 fully saturated rings. The third kappa shape index (κ3) is 6.13. The first-order valence-electron chi connectivity index (χ1n) is 20.6. The predicted octanol–water partition coefficient (Wildman–Crippen LogP) is 3.03. The Balaban J connectivity index is 1.22. The van der Waals surface area contributed by atoms with Gasteiger partial charge in [-0.2, -0.15) is 0 Å². The van der Waals surface area contributed by atoms with E-state index in [-0.39, 0.29) is 63.6 Å². The summed E-state index contributed by atoms with van der Waals surface area (Å²) in [5.41, 5.74) is -2.05. The molecular weight excluding hydrogens is 684 g/mol. The van der Waals surface area contributed by atoms with Gasteiger partial charge in [-0.05, 0) is 131 Å². The summed E-state index contributed by atoms with van der Waals surface area (Å²) in [4.78, 5) is 0. The van der Waals surface area contributed by atoms with Gasteiger partial charge in [0.1, 0.15) is 36.6 Å². The van der Waals surface area contributed by atoms with E-state index in [1.807, 2.05) is 13.8 Å². The maximum Gasteiger partial charge on any atom is 0.186 e. The van der Waals surface area contributed by atoms with Crippen LogP contribution in [-0.4, -0.2) is 127 Å². The Labute approximate surface area is 315 Å². The van der Waals surface area contributed by atoms with Crippen molar-refractivity contribution in [3.05, 3.63) is 0 Å². The van der Waals surface area contributed by atoms with Crippen molar-refractivity contribution in [1.29, 1.82) is 0 Å². The fourth-order valence-corrected chi connectivity index (χ4v) is 13.8. The highest BCUT2D eigenvalue weighted by Gasteiger charge is 2.73. The van der Waals surface area contributed by atoms with Crippen LogP contribution in [0.2, 0.25) is 0 Å². The zero-order chi connectivity index (χ0) is 38.8. The first kappa shape index (κ1) is 40.7. The van der Waals surface area contributed by atoms with Crippen molar-refractivity contribution in [3.63, 3.8) is 0 Å². The number of hydrogen-bond donors (Lipinski definition) is 7. The highest BCUT2D eigenvalue weighted by Crippen LogP contribution is 2.76. The Morgan fingerprint density at radius 2 is 1.34 bits per heavy atom. The van der Waals surface area contributed by atoms with Crippen molar-refractivity contribution in [1.82, 2.24) is 0 Å². The van der Waals surface area contributed by atoms with Crippen LogP contribution in [0.1, 0.15) is 120 Å². The number of fused-ring (bicyclic) bond motifs is 5. The van der Waals surface area contributed by atoms with E-state index in [1.54, 1.807) is 6.92 Å². The van der Waals surface area contributed by atoms with Crippen LogP contribution in [-0.2, 0) is 23.7 Å². The van der Waals surface area contributed by atoms with E-state index in [4.69, 9.17) is 23.7 Å². The van der Waals surface area contributed by atoms with Crippen LogP contribution in [0.3, 0.4) is 0 Å². The molecule has 3 saturated heterocycles. The molecule has 3 aliphatic heterocycles. The van der Waals surface area contributed by atoms with E-state index in [9.17, 15) is 35.7 Å². The van der Waals surface area contributed by atoms with E-state index in [0.717, 1.165) is 57.8 Å². The van der Waals surface area contributed by atoms with Crippen LogP contribution in [0, 0.1) is 45.3 Å². The smallest absolute Gasteiger partial charge is 0.186 e. The van der Waals surface area contributed by atoms with Gasteiger partial charge in [-0.25, -0.2) is 0 Å². The van der Waals surface area contributed by atoms with Gasteiger partial charge >= 0.3 is 0 Å². The normalized spacial score (nSPS) is 56.8. The van der Waals surface area contributed by atoms with Gasteiger partial charge in [-0.3, -0.25) is 0 Å². The summed E-state index contributed by atoms with van der Waals surface area (Å²) in [6.07, 6.45) is -3.07. The van der Waals surface area contributed by atoms with Gasteiger partial charge in [0, 0.05) is 0 Å². The second-order valence-electron chi connectivity index (χ2n) is 20.6. The third-order valence-electron chi connectivity index (χ3n) is 17.1. The summed E-state index contributed by atoms with van der Waals surface area (Å²) >= 11 is 0. The average Bonchev–Trinajstić information content (AvgIpc) is 3.75. The monoisotopic (exact) mass is 754 g/mol. The molecule has 0 radical (unpaired) electrons. The molecule has 0 aromatic carbocycles. The fraction of sp³-hybridized carbons (Fsp3) is 1.00. The lowest BCUT2D eigenvalue weighted by Gasteiger charge is -2.71. The molecule has 3 heterocycles. The Bertz CT molecular complexity index is 1340. The van der Waals surface area contributed by atoms with Gasteiger partial charge in [0.15, 0.2) is 12.6 Å². The quantitative estimate of drug-likeness (QED) is 0.189. The van der Waals surface area contributed by atoms with Gasteiger partial charge in [-0.1, -0.05) is 34.6 Å². The predicted molar refractivity (Wildman–Crippen MR) is 193 cm³/mol. The first-order chi connectivity index (χ1) is 24.5. The third-order valence-corrected chi connectivity index (χ3v) is 17.1. The molecule has 0 spiro atoms. The maximum atomic E-state index is 11.2. The van der Waals surface area contributed by atoms with Gasteiger partial charge < -0.3 is 59.4 Å². The zero-order valence-electron chi connectivity index (χ0n) is 33.5. The number of ether oxygens (including phenoxy) is 5. The van der Waals surface area contributed by atoms with Crippen molar-refractivity contribution in [2.24, 2.45) is 45.3 Å². The molecule has 12 heteroatoms. The molecule has 7 N–H and O–H groups in total. The highest BCUT2D eigenvalue weighted by molar-refractivity contribution is 5.21. The molecule has 0 aromatic rings. The van der Waals surface area contributed by atoms with E-state index in [1.165, 1.54) is 0 Å². The lowest BCUT2D eigenvalue weighted by Crippen LogP contribution is -2.68. The fourth-order valence-electron chi connectivity index (χ4n) is 13.8. The van der Waals surface area contributed by atoms with Crippen LogP contribution in [0.5, 0.6) is 0 Å². The van der Waals surface area contributed by atoms with Crippen molar-refractivity contribution in [2.45, 2.75) is 205 Å². The Morgan fingerprint density at radius 3 is 1.96 bits per heavy atom. The summed E-state index contributed by atoms with van der Waals surface area (Å²) in [7, 11) is 0. The molecule has 4 saturated carbocycles. The van der Waals surface area contributed by atoms with Crippen LogP contribution in [0.15, 0.2) is 0 Å². The number of rotatable bonds is 7. The zero-order valence-corrected chi connectivity index (χ0v) is 33.5. The lowest BCUT2D eigenvalue weighted by atomic mass is 9.35. The average molecular weight is 755 g/mol. The van der Waals surface area contributed by atoms with E-state index in [0.29, 0.717) is 0 Å². The van der Waals surface area contributed by atoms with Gasteiger partial charge in [0.25, 0.3) is 0 Å². The molecular formula is C41H70O12. The Morgan fingerprint density at radius 1 is 0.698 bits per heavy atom. The van der Waals surface area contributed by atoms with Crippen molar-refractivity contribution in [3.8, 4) is 0 Å². The summed E-state index contributed by atoms with van der Waals surface area (Å²) in [6.45, 7) is 19.1. The summed E-state index contributed by atoms with van der Waals surface area (Å²) in [5.74, 6) is 0.698. The van der Waals surface area contributed by atoms with Crippen molar-refractivity contribution >= 4 is 0 Å². The van der Waals surface area contributed by atoms with Crippen molar-refractivity contribution in [2.75, 3.05) is 6.61 Å². The van der Waals surface area contributed by atoms with Crippen LogP contribution < -0.4 is 0 Å². The topological polar surface area (TPSA) is 188 Å². The largest absolute Gasteiger partial charge is 0.394 e. The Kier molecular flexibility index (Phi) is 10.4. The van der Waals surface area contributed by atoms with Crippen LogP contribution >= 0.6 is 0 Å². The first-order valence-corrected chi connectivity index (χ1v) is 20.6. The van der Waals surface area contributed by atoms with Gasteiger partial charge in [0.05, 0.1) is 42.2 Å². The molecule has 0 aromatic heterocycles. The van der Waals surface area contributed by atoms with Crippen LogP contribution in [0.4, 0.5) is 0 Å². The minimum atomic E-state index is -1.41. The van der Waals surface area contributed by atoms with E-state index in [2.05, 4.69) is 41.5 Å². The van der Waals surface area contributed by atoms with E-state index >= 15 is 0 Å². The second-order valence-corrected chi connectivity index (χ2v) is 20.6. The maximum absolute atomic E-state index is 11.2. The van der Waals surface area contributed by atoms with E-state index < -0.39 is 73.1 Å². The molecule has 306 valence electrons. The van der Waals surface area contributed by atoms with Gasteiger partial charge in [0.2, 0.25) is 0 Å². The molecule has 7 aliphatic rings. The minimum absolute atomic E-state index is 0.0514. The molecule has 9 unspecified atom stereocenters. The molecule has 0 amide bonds. The van der Waals surface area contributed by atoms with Crippen LogP contribution in [0.25, 0.3) is 0 Å². The summed E-state index contributed by atoms with van der Waals surface area (Å²) in [6, 6.07) is 0. The molecule has 12 nitrogen and oxygen atoms in total. The lowest BCUT2D eigenvalue weighted by molar-refractivity contribution is -0.332.